The number of unbranched alkanes of at least 4 members (excludes halogenated alkanes) is 15. The Hall–Kier alpha value is -0.710. The molecule has 38 heavy (non-hydrogen) atoms. The number of carbonyl (C=O) groups excluding carboxylic acids is 2. The predicted molar refractivity (Wildman–Crippen MR) is 147 cm³/mol. The minimum absolute atomic E-state index is 0. The molecule has 1 atom stereocenters. The first-order valence-electron chi connectivity index (χ1n) is 14.7. The van der Waals surface area contributed by atoms with Gasteiger partial charge in [0.15, 0.2) is 0 Å². The van der Waals surface area contributed by atoms with Crippen molar-refractivity contribution in [1.82, 2.24) is 16.0 Å². The zero-order chi connectivity index (χ0) is 27.6. The van der Waals surface area contributed by atoms with E-state index in [2.05, 4.69) is 22.9 Å². The molecule has 0 aromatic carbocycles. The molecule has 1 unspecified atom stereocenters. The van der Waals surface area contributed by atoms with E-state index in [0.29, 0.717) is 39.0 Å². The number of nitrogens with one attached hydrogen (secondary N) is 3. The van der Waals surface area contributed by atoms with Crippen molar-refractivity contribution in [2.24, 2.45) is 5.73 Å². The molecular weight excluding hydrogens is 495 g/mol. The van der Waals surface area contributed by atoms with Crippen LogP contribution in [0.25, 0.3) is 0 Å². The molecule has 0 heterocycles. The summed E-state index contributed by atoms with van der Waals surface area (Å²) in [5.41, 5.74) is 3.89. The molecule has 1 amide bonds. The second-order valence-corrected chi connectivity index (χ2v) is 10.3. The van der Waals surface area contributed by atoms with Gasteiger partial charge < -0.3 is 36.7 Å². The fraction of sp³-hybridized carbons (Fsp3) is 0.893. The van der Waals surface area contributed by atoms with Crippen molar-refractivity contribution in [3.63, 3.8) is 0 Å². The first-order chi connectivity index (χ1) is 17.8. The Balaban J connectivity index is 0. The minimum Gasteiger partial charge on any atom is -0.548 e. The van der Waals surface area contributed by atoms with Gasteiger partial charge in [0.1, 0.15) is 0 Å². The van der Waals surface area contributed by atoms with Gasteiger partial charge in [-0.15, -0.1) is 0 Å². The van der Waals surface area contributed by atoms with Crippen molar-refractivity contribution in [1.29, 1.82) is 0 Å². The molecule has 0 aromatic heterocycles. The maximum Gasteiger partial charge on any atom is 1.00 e. The maximum absolute atomic E-state index is 11.9. The Morgan fingerprint density at radius 1 is 0.711 bits per heavy atom. The molecule has 0 aliphatic carbocycles. The molecule has 0 aromatic rings. The summed E-state index contributed by atoms with van der Waals surface area (Å²) in [5, 5.41) is 29.4. The number of aliphatic carboxylic acids is 2. The fourth-order valence-corrected chi connectivity index (χ4v) is 4.65. The van der Waals surface area contributed by atoms with E-state index in [-0.39, 0.29) is 42.5 Å². The smallest absolute Gasteiger partial charge is 0.548 e. The Kier molecular flexibility index (Phi) is 28.9. The van der Waals surface area contributed by atoms with Crippen molar-refractivity contribution in [2.75, 3.05) is 32.7 Å². The van der Waals surface area contributed by atoms with Gasteiger partial charge in [-0.25, -0.2) is 0 Å². The molecule has 0 aliphatic heterocycles. The van der Waals surface area contributed by atoms with Crippen LogP contribution in [0.4, 0.5) is 0 Å². The van der Waals surface area contributed by atoms with Crippen molar-refractivity contribution in [3.8, 4) is 0 Å². The third-order valence-corrected chi connectivity index (χ3v) is 6.84. The summed E-state index contributed by atoms with van der Waals surface area (Å²) in [5.74, 6) is -2.88. The third-order valence-electron chi connectivity index (χ3n) is 6.84. The summed E-state index contributed by atoms with van der Waals surface area (Å²) < 4.78 is 0. The van der Waals surface area contributed by atoms with Gasteiger partial charge in [0, 0.05) is 32.6 Å². The van der Waals surface area contributed by atoms with Gasteiger partial charge in [-0.1, -0.05) is 110 Å². The molecule has 0 aliphatic rings. The molecule has 0 rings (SSSR count). The number of rotatable bonds is 29. The zero-order valence-electron chi connectivity index (χ0n) is 24.4. The average Bonchev–Trinajstić information content (AvgIpc) is 2.84. The van der Waals surface area contributed by atoms with E-state index in [1.807, 2.05) is 0 Å². The van der Waals surface area contributed by atoms with Gasteiger partial charge in [-0.05, 0) is 6.42 Å². The molecule has 9 nitrogen and oxygen atoms in total. The van der Waals surface area contributed by atoms with E-state index < -0.39 is 23.4 Å². The number of hydrogen-bond donors (Lipinski definition) is 5. The molecule has 0 radical (unpaired) electrons. The van der Waals surface area contributed by atoms with Crippen LogP contribution < -0.4 is 56.3 Å². The summed E-state index contributed by atoms with van der Waals surface area (Å²) in [7, 11) is 0. The van der Waals surface area contributed by atoms with Gasteiger partial charge >= 0.3 is 35.5 Å². The van der Waals surface area contributed by atoms with Crippen LogP contribution in [-0.4, -0.2) is 61.2 Å². The van der Waals surface area contributed by atoms with Crippen LogP contribution in [0, 0.1) is 0 Å². The normalized spacial score (nSPS) is 12.6. The Labute approximate surface area is 253 Å². The summed E-state index contributed by atoms with van der Waals surface area (Å²) in [4.78, 5) is 34.0. The second-order valence-electron chi connectivity index (χ2n) is 10.3. The number of nitrogens with two attached hydrogens (primary N) is 1. The Morgan fingerprint density at radius 2 is 1.13 bits per heavy atom. The largest absolute Gasteiger partial charge is 1.00 e. The minimum atomic E-state index is -1.45. The monoisotopic (exact) mass is 550 g/mol. The molecule has 218 valence electrons. The van der Waals surface area contributed by atoms with Gasteiger partial charge in [0.25, 0.3) is 0 Å². The molecule has 0 spiro atoms. The van der Waals surface area contributed by atoms with Crippen LogP contribution in [0.3, 0.4) is 0 Å². The van der Waals surface area contributed by atoms with Crippen molar-refractivity contribution >= 4 is 17.8 Å². The predicted octanol–water partition coefficient (Wildman–Crippen LogP) is -0.140. The summed E-state index contributed by atoms with van der Waals surface area (Å²) >= 11 is 0. The van der Waals surface area contributed by atoms with Crippen molar-refractivity contribution < 1.29 is 54.2 Å². The number of carboxylic acid groups (broad SMARTS) is 2. The van der Waals surface area contributed by atoms with Gasteiger partial charge in [-0.2, -0.15) is 0 Å². The van der Waals surface area contributed by atoms with Crippen molar-refractivity contribution in [3.05, 3.63) is 0 Å². The van der Waals surface area contributed by atoms with E-state index in [9.17, 15) is 19.5 Å². The fourth-order valence-electron chi connectivity index (χ4n) is 4.65. The molecule has 0 saturated heterocycles. The number of hydrogen-bond acceptors (Lipinski definition) is 7. The molecular formula is C28H55N4NaO5. The SMILES string of the molecule is CCCCCCCCCCCCCCCCCCC(CC(N)=O)(NCCNCCNCC(=O)O)C(=O)[O-].[Na+]. The van der Waals surface area contributed by atoms with Crippen LogP contribution in [-0.2, 0) is 14.4 Å². The van der Waals surface area contributed by atoms with E-state index in [0.717, 1.165) is 19.3 Å². The summed E-state index contributed by atoms with van der Waals surface area (Å²) in [6.45, 7) is 3.98. The Bertz CT molecular complexity index is 598. The second kappa shape index (κ2) is 27.8. The van der Waals surface area contributed by atoms with Crippen LogP contribution >= 0.6 is 0 Å². The Morgan fingerprint density at radius 3 is 1.55 bits per heavy atom. The van der Waals surface area contributed by atoms with Crippen LogP contribution in [0.1, 0.15) is 122 Å². The van der Waals surface area contributed by atoms with E-state index in [4.69, 9.17) is 10.8 Å². The van der Waals surface area contributed by atoms with Crippen molar-refractivity contribution in [2.45, 2.75) is 128 Å². The molecule has 0 fully saturated rings. The quantitative estimate of drug-likeness (QED) is 0.0636. The number of primary amides is 1. The van der Waals surface area contributed by atoms with Gasteiger partial charge in [-0.3, -0.25) is 9.59 Å². The van der Waals surface area contributed by atoms with Gasteiger partial charge in [0.05, 0.1) is 18.1 Å². The first-order valence-corrected chi connectivity index (χ1v) is 14.7. The topological polar surface area (TPSA) is 157 Å². The standard InChI is InChI=1S/C28H56N4O5.Na/c1-2-3-4-5-6-7-8-9-10-11-12-13-14-15-16-17-18-28(27(36)37,23-25(29)33)32-22-21-30-19-20-31-24-26(34)35;/h30-32H,2-24H2,1H3,(H2,29,33)(H,34,35)(H,36,37);/q;+1/p-1. The van der Waals surface area contributed by atoms with Gasteiger partial charge in [0.2, 0.25) is 5.91 Å². The van der Waals surface area contributed by atoms with Crippen LogP contribution in [0.5, 0.6) is 0 Å². The maximum atomic E-state index is 11.9. The molecule has 6 N–H and O–H groups in total. The average molecular weight is 551 g/mol. The summed E-state index contributed by atoms with van der Waals surface area (Å²) in [6, 6.07) is 0. The van der Waals surface area contributed by atoms with E-state index in [1.165, 1.54) is 77.0 Å². The molecule has 0 bridgehead atoms. The number of carboxylic acids is 2. The van der Waals surface area contributed by atoms with Crippen LogP contribution in [0.15, 0.2) is 0 Å². The molecule has 0 saturated carbocycles. The molecule has 10 heteroatoms. The zero-order valence-corrected chi connectivity index (χ0v) is 26.4. The van der Waals surface area contributed by atoms with E-state index in [1.54, 1.807) is 0 Å². The number of carbonyl (C=O) groups is 3. The summed E-state index contributed by atoms with van der Waals surface area (Å²) in [6.07, 6.45) is 19.9. The third kappa shape index (κ3) is 24.3. The van der Waals surface area contributed by atoms with E-state index >= 15 is 0 Å². The van der Waals surface area contributed by atoms with Crippen LogP contribution in [0.2, 0.25) is 0 Å². The number of amides is 1. The first kappa shape index (κ1) is 39.4.